The van der Waals surface area contributed by atoms with Crippen LogP contribution in [0, 0.1) is 12.3 Å². The highest BCUT2D eigenvalue weighted by atomic mass is 14.1. The van der Waals surface area contributed by atoms with Crippen LogP contribution in [0.2, 0.25) is 0 Å². The molecule has 0 heterocycles. The lowest BCUT2D eigenvalue weighted by atomic mass is 9.95. The van der Waals surface area contributed by atoms with Crippen molar-refractivity contribution in [3.63, 3.8) is 0 Å². The first-order valence-electron chi connectivity index (χ1n) is 8.00. The van der Waals surface area contributed by atoms with Crippen LogP contribution in [0.25, 0.3) is 33.7 Å². The van der Waals surface area contributed by atoms with E-state index in [0.717, 1.165) is 10.9 Å². The SMILES string of the molecule is C#Cc1ccc(C=Cc2ccccc2)c2cc3ccccc3cc12. The van der Waals surface area contributed by atoms with Crippen molar-refractivity contribution in [3.05, 3.63) is 95.6 Å². The van der Waals surface area contributed by atoms with Crippen LogP contribution >= 0.6 is 0 Å². The van der Waals surface area contributed by atoms with Crippen LogP contribution in [0.3, 0.4) is 0 Å². The monoisotopic (exact) mass is 304 g/mol. The fourth-order valence-electron chi connectivity index (χ4n) is 3.08. The average Bonchev–Trinajstić information content (AvgIpc) is 2.65. The van der Waals surface area contributed by atoms with Crippen molar-refractivity contribution in [2.45, 2.75) is 0 Å². The Hall–Kier alpha value is -3.30. The van der Waals surface area contributed by atoms with Crippen molar-refractivity contribution in [2.75, 3.05) is 0 Å². The quantitative estimate of drug-likeness (QED) is 0.237. The first kappa shape index (κ1) is 14.3. The molecule has 0 saturated carbocycles. The highest BCUT2D eigenvalue weighted by Crippen LogP contribution is 2.29. The average molecular weight is 304 g/mol. The van der Waals surface area contributed by atoms with Gasteiger partial charge in [0.25, 0.3) is 0 Å². The Morgan fingerprint density at radius 1 is 0.667 bits per heavy atom. The molecular formula is C24H16. The minimum Gasteiger partial charge on any atom is -0.115 e. The normalized spacial score (nSPS) is 11.1. The maximum Gasteiger partial charge on any atom is 0.0321 e. The molecule has 0 aliphatic heterocycles. The number of benzene rings is 4. The van der Waals surface area contributed by atoms with Gasteiger partial charge in [0.15, 0.2) is 0 Å². The summed E-state index contributed by atoms with van der Waals surface area (Å²) in [6, 6.07) is 27.3. The van der Waals surface area contributed by atoms with Gasteiger partial charge in [-0.1, -0.05) is 78.7 Å². The fourth-order valence-corrected chi connectivity index (χ4v) is 3.08. The van der Waals surface area contributed by atoms with Gasteiger partial charge in [-0.15, -0.1) is 6.42 Å². The van der Waals surface area contributed by atoms with Crippen LogP contribution in [0.15, 0.2) is 78.9 Å². The van der Waals surface area contributed by atoms with E-state index in [4.69, 9.17) is 6.42 Å². The summed E-state index contributed by atoms with van der Waals surface area (Å²) >= 11 is 0. The van der Waals surface area contributed by atoms with E-state index in [1.165, 1.54) is 27.3 Å². The fraction of sp³-hybridized carbons (Fsp3) is 0. The largest absolute Gasteiger partial charge is 0.115 e. The Kier molecular flexibility index (Phi) is 3.61. The molecule has 0 saturated heterocycles. The van der Waals surface area contributed by atoms with Gasteiger partial charge in [-0.3, -0.25) is 0 Å². The van der Waals surface area contributed by atoms with Crippen LogP contribution in [-0.2, 0) is 0 Å². The standard InChI is InChI=1S/C24H16/c1-2-19-14-15-20(13-12-18-8-4-3-5-9-18)24-17-22-11-7-6-10-21(22)16-23(19)24/h1,3-17H. The zero-order chi connectivity index (χ0) is 16.4. The van der Waals surface area contributed by atoms with Gasteiger partial charge in [-0.25, -0.2) is 0 Å². The van der Waals surface area contributed by atoms with E-state index in [-0.39, 0.29) is 0 Å². The molecule has 0 aromatic heterocycles. The van der Waals surface area contributed by atoms with E-state index in [1.807, 2.05) is 24.3 Å². The van der Waals surface area contributed by atoms with Gasteiger partial charge in [0.05, 0.1) is 0 Å². The van der Waals surface area contributed by atoms with E-state index in [9.17, 15) is 0 Å². The van der Waals surface area contributed by atoms with Gasteiger partial charge in [0.1, 0.15) is 0 Å². The van der Waals surface area contributed by atoms with Crippen LogP contribution in [0.4, 0.5) is 0 Å². The van der Waals surface area contributed by atoms with Crippen molar-refractivity contribution >= 4 is 33.7 Å². The zero-order valence-electron chi connectivity index (χ0n) is 13.2. The van der Waals surface area contributed by atoms with E-state index in [1.54, 1.807) is 0 Å². The molecule has 0 fully saturated rings. The first-order chi connectivity index (χ1) is 11.8. The molecule has 0 aliphatic carbocycles. The molecule has 0 unspecified atom stereocenters. The minimum atomic E-state index is 0.938. The summed E-state index contributed by atoms with van der Waals surface area (Å²) in [6.45, 7) is 0. The summed E-state index contributed by atoms with van der Waals surface area (Å²) in [5.74, 6) is 2.81. The Morgan fingerprint density at radius 2 is 1.33 bits per heavy atom. The zero-order valence-corrected chi connectivity index (χ0v) is 13.2. The molecule has 0 atom stereocenters. The highest BCUT2D eigenvalue weighted by molar-refractivity contribution is 6.04. The predicted octanol–water partition coefficient (Wildman–Crippen LogP) is 6.14. The molecule has 0 bridgehead atoms. The second kappa shape index (κ2) is 6.07. The molecule has 0 N–H and O–H groups in total. The lowest BCUT2D eigenvalue weighted by molar-refractivity contribution is 1.66. The number of fused-ring (bicyclic) bond motifs is 2. The molecule has 4 aromatic rings. The maximum atomic E-state index is 5.71. The number of terminal acetylenes is 1. The summed E-state index contributed by atoms with van der Waals surface area (Å²) in [6.07, 6.45) is 10.0. The first-order valence-corrected chi connectivity index (χ1v) is 8.00. The van der Waals surface area contributed by atoms with E-state index in [2.05, 4.69) is 72.7 Å². The van der Waals surface area contributed by atoms with E-state index >= 15 is 0 Å². The van der Waals surface area contributed by atoms with Gasteiger partial charge in [-0.2, -0.15) is 0 Å². The smallest absolute Gasteiger partial charge is 0.0321 e. The summed E-state index contributed by atoms with van der Waals surface area (Å²) in [5, 5.41) is 4.77. The third-order valence-electron chi connectivity index (χ3n) is 4.33. The third-order valence-corrected chi connectivity index (χ3v) is 4.33. The summed E-state index contributed by atoms with van der Waals surface area (Å²) in [4.78, 5) is 0. The van der Waals surface area contributed by atoms with Crippen molar-refractivity contribution in [2.24, 2.45) is 0 Å². The van der Waals surface area contributed by atoms with E-state index < -0.39 is 0 Å². The maximum absolute atomic E-state index is 5.71. The molecule has 112 valence electrons. The molecule has 0 spiro atoms. The van der Waals surface area contributed by atoms with Gasteiger partial charge >= 0.3 is 0 Å². The molecule has 0 heteroatoms. The Labute approximate surface area is 142 Å². The Morgan fingerprint density at radius 3 is 2.04 bits per heavy atom. The van der Waals surface area contributed by atoms with Crippen LogP contribution in [0.1, 0.15) is 16.7 Å². The van der Waals surface area contributed by atoms with Crippen molar-refractivity contribution in [3.8, 4) is 12.3 Å². The second-order valence-corrected chi connectivity index (χ2v) is 5.84. The molecule has 0 nitrogen and oxygen atoms in total. The van der Waals surface area contributed by atoms with Crippen LogP contribution in [0.5, 0.6) is 0 Å². The Bertz CT molecular complexity index is 1090. The minimum absolute atomic E-state index is 0.938. The number of rotatable bonds is 2. The van der Waals surface area contributed by atoms with Crippen LogP contribution in [-0.4, -0.2) is 0 Å². The van der Waals surface area contributed by atoms with Crippen LogP contribution < -0.4 is 0 Å². The molecule has 24 heavy (non-hydrogen) atoms. The topological polar surface area (TPSA) is 0 Å². The van der Waals surface area contributed by atoms with Crippen molar-refractivity contribution in [1.29, 1.82) is 0 Å². The second-order valence-electron chi connectivity index (χ2n) is 5.84. The van der Waals surface area contributed by atoms with Gasteiger partial charge < -0.3 is 0 Å². The lowest BCUT2D eigenvalue weighted by Gasteiger charge is -2.08. The molecule has 0 aliphatic rings. The molecule has 4 aromatic carbocycles. The highest BCUT2D eigenvalue weighted by Gasteiger charge is 2.05. The number of hydrogen-bond donors (Lipinski definition) is 0. The predicted molar refractivity (Wildman–Crippen MR) is 105 cm³/mol. The van der Waals surface area contributed by atoms with Crippen molar-refractivity contribution in [1.82, 2.24) is 0 Å². The third kappa shape index (κ3) is 2.57. The van der Waals surface area contributed by atoms with Crippen molar-refractivity contribution < 1.29 is 0 Å². The molecule has 4 rings (SSSR count). The summed E-state index contributed by atoms with van der Waals surface area (Å²) in [5.41, 5.74) is 3.30. The lowest BCUT2D eigenvalue weighted by Crippen LogP contribution is -1.85. The molecule has 0 radical (unpaired) electrons. The van der Waals surface area contributed by atoms with E-state index in [0.29, 0.717) is 0 Å². The number of hydrogen-bond acceptors (Lipinski definition) is 0. The van der Waals surface area contributed by atoms with Gasteiger partial charge in [0.2, 0.25) is 0 Å². The molecule has 0 amide bonds. The Balaban J connectivity index is 1.94. The summed E-state index contributed by atoms with van der Waals surface area (Å²) in [7, 11) is 0. The van der Waals surface area contributed by atoms with Gasteiger partial charge in [0, 0.05) is 5.56 Å². The molecular weight excluding hydrogens is 288 g/mol. The summed E-state index contributed by atoms with van der Waals surface area (Å²) < 4.78 is 0. The van der Waals surface area contributed by atoms with Gasteiger partial charge in [-0.05, 0) is 50.9 Å².